The maximum Gasteiger partial charge on any atom is 0.232 e. The highest BCUT2D eigenvalue weighted by atomic mass is 16.5. The van der Waals surface area contributed by atoms with Crippen molar-refractivity contribution in [2.75, 3.05) is 13.1 Å². The minimum atomic E-state index is 0.177. The second-order valence-electron chi connectivity index (χ2n) is 5.30. The van der Waals surface area contributed by atoms with Gasteiger partial charge in [0, 0.05) is 32.4 Å². The zero-order valence-electron chi connectivity index (χ0n) is 12.0. The molecule has 2 N–H and O–H groups in total. The lowest BCUT2D eigenvalue weighted by molar-refractivity contribution is 0.190. The van der Waals surface area contributed by atoms with Crippen LogP contribution in [0.5, 0.6) is 5.88 Å². The molecule has 110 valence electrons. The number of hydrogen-bond donors (Lipinski definition) is 1. The lowest BCUT2D eigenvalue weighted by atomic mass is 10.2. The number of benzene rings is 1. The number of nitrogens with zero attached hydrogens (tertiary/aromatic N) is 3. The van der Waals surface area contributed by atoms with Crippen LogP contribution in [0.4, 0.5) is 0 Å². The quantitative estimate of drug-likeness (QED) is 0.903. The van der Waals surface area contributed by atoms with Gasteiger partial charge in [-0.15, -0.1) is 0 Å². The monoisotopic (exact) mass is 284 g/mol. The van der Waals surface area contributed by atoms with E-state index in [0.717, 1.165) is 31.7 Å². The van der Waals surface area contributed by atoms with Gasteiger partial charge in [-0.1, -0.05) is 30.3 Å². The molecular formula is C16H20N4O. The van der Waals surface area contributed by atoms with E-state index in [1.165, 1.54) is 5.56 Å². The summed E-state index contributed by atoms with van der Waals surface area (Å²) in [5.41, 5.74) is 7.66. The number of ether oxygens (including phenoxy) is 1. The van der Waals surface area contributed by atoms with Gasteiger partial charge in [0.2, 0.25) is 5.88 Å². The van der Waals surface area contributed by atoms with Crippen LogP contribution in [0, 0.1) is 0 Å². The molecule has 3 rings (SSSR count). The molecule has 1 aromatic heterocycles. The molecule has 1 aliphatic heterocycles. The van der Waals surface area contributed by atoms with Gasteiger partial charge >= 0.3 is 0 Å². The Kier molecular flexibility index (Phi) is 4.43. The van der Waals surface area contributed by atoms with E-state index in [-0.39, 0.29) is 6.10 Å². The number of rotatable bonds is 5. The van der Waals surface area contributed by atoms with Crippen LogP contribution in [0.2, 0.25) is 0 Å². The van der Waals surface area contributed by atoms with Gasteiger partial charge in [-0.25, -0.2) is 4.98 Å². The largest absolute Gasteiger partial charge is 0.472 e. The van der Waals surface area contributed by atoms with Crippen LogP contribution < -0.4 is 10.5 Å². The fourth-order valence-electron chi connectivity index (χ4n) is 2.59. The second kappa shape index (κ2) is 6.65. The van der Waals surface area contributed by atoms with Crippen molar-refractivity contribution < 1.29 is 4.74 Å². The molecule has 0 bridgehead atoms. The van der Waals surface area contributed by atoms with Crippen LogP contribution in [0.15, 0.2) is 42.7 Å². The fourth-order valence-corrected chi connectivity index (χ4v) is 2.59. The zero-order chi connectivity index (χ0) is 14.5. The lowest BCUT2D eigenvalue weighted by Crippen LogP contribution is -2.25. The number of hydrogen-bond acceptors (Lipinski definition) is 5. The molecule has 0 saturated carbocycles. The van der Waals surface area contributed by atoms with Crippen LogP contribution in [0.3, 0.4) is 0 Å². The first-order valence-electron chi connectivity index (χ1n) is 7.27. The van der Waals surface area contributed by atoms with Gasteiger partial charge in [0.15, 0.2) is 0 Å². The van der Waals surface area contributed by atoms with E-state index in [1.54, 1.807) is 12.4 Å². The smallest absolute Gasteiger partial charge is 0.232 e. The Balaban J connectivity index is 1.54. The number of aromatic nitrogens is 2. The van der Waals surface area contributed by atoms with E-state index < -0.39 is 0 Å². The molecule has 2 aromatic rings. The predicted octanol–water partition coefficient (Wildman–Crippen LogP) is 1.59. The van der Waals surface area contributed by atoms with E-state index in [4.69, 9.17) is 10.5 Å². The standard InChI is InChI=1S/C16H20N4O/c17-8-14-9-18-10-16(19-14)21-15-6-7-20(12-15)11-13-4-2-1-3-5-13/h1-5,9-10,15H,6-8,11-12,17H2. The average molecular weight is 284 g/mol. The van der Waals surface area contributed by atoms with Crippen LogP contribution in [0.1, 0.15) is 17.7 Å². The third-order valence-corrected chi connectivity index (χ3v) is 3.64. The summed E-state index contributed by atoms with van der Waals surface area (Å²) in [5.74, 6) is 0.574. The molecule has 21 heavy (non-hydrogen) atoms. The Bertz CT molecular complexity index is 575. The van der Waals surface area contributed by atoms with Gasteiger partial charge in [-0.05, 0) is 12.0 Å². The summed E-state index contributed by atoms with van der Waals surface area (Å²) >= 11 is 0. The van der Waals surface area contributed by atoms with Crippen LogP contribution in [-0.2, 0) is 13.1 Å². The highest BCUT2D eigenvalue weighted by molar-refractivity contribution is 5.15. The molecule has 1 atom stereocenters. The van der Waals surface area contributed by atoms with Crippen LogP contribution >= 0.6 is 0 Å². The summed E-state index contributed by atoms with van der Waals surface area (Å²) in [7, 11) is 0. The Morgan fingerprint density at radius 3 is 2.90 bits per heavy atom. The Morgan fingerprint density at radius 2 is 2.10 bits per heavy atom. The molecule has 1 unspecified atom stereocenters. The molecule has 1 aliphatic rings. The van der Waals surface area contributed by atoms with E-state index in [0.29, 0.717) is 12.4 Å². The van der Waals surface area contributed by atoms with E-state index in [9.17, 15) is 0 Å². The molecule has 1 saturated heterocycles. The first-order chi connectivity index (χ1) is 10.3. The summed E-state index contributed by atoms with van der Waals surface area (Å²) < 4.78 is 5.91. The SMILES string of the molecule is NCc1cncc(OC2CCN(Cc3ccccc3)C2)n1. The minimum absolute atomic E-state index is 0.177. The van der Waals surface area contributed by atoms with Crippen molar-refractivity contribution in [3.8, 4) is 5.88 Å². The molecule has 0 amide bonds. The molecule has 0 aliphatic carbocycles. The van der Waals surface area contributed by atoms with Crippen molar-refractivity contribution in [3.05, 3.63) is 54.0 Å². The predicted molar refractivity (Wildman–Crippen MR) is 80.7 cm³/mol. The van der Waals surface area contributed by atoms with Crippen molar-refractivity contribution in [2.24, 2.45) is 5.73 Å². The summed E-state index contributed by atoms with van der Waals surface area (Å²) in [6.45, 7) is 3.32. The summed E-state index contributed by atoms with van der Waals surface area (Å²) in [4.78, 5) is 10.8. The van der Waals surface area contributed by atoms with Crippen molar-refractivity contribution in [2.45, 2.75) is 25.6 Å². The molecule has 2 heterocycles. The van der Waals surface area contributed by atoms with E-state index in [2.05, 4.69) is 39.1 Å². The Labute approximate surface area is 124 Å². The summed E-state index contributed by atoms with van der Waals surface area (Å²) in [6.07, 6.45) is 4.51. The number of likely N-dealkylation sites (tertiary alicyclic amines) is 1. The van der Waals surface area contributed by atoms with Gasteiger partial charge < -0.3 is 10.5 Å². The molecule has 0 radical (unpaired) electrons. The zero-order valence-corrected chi connectivity index (χ0v) is 12.0. The molecule has 1 aromatic carbocycles. The van der Waals surface area contributed by atoms with E-state index >= 15 is 0 Å². The van der Waals surface area contributed by atoms with Gasteiger partial charge in [0.05, 0.1) is 11.9 Å². The summed E-state index contributed by atoms with van der Waals surface area (Å²) in [5, 5.41) is 0. The van der Waals surface area contributed by atoms with Crippen molar-refractivity contribution in [1.82, 2.24) is 14.9 Å². The number of nitrogens with two attached hydrogens (primary N) is 1. The first kappa shape index (κ1) is 14.0. The van der Waals surface area contributed by atoms with Gasteiger partial charge in [-0.2, -0.15) is 0 Å². The second-order valence-corrected chi connectivity index (χ2v) is 5.30. The van der Waals surface area contributed by atoms with Crippen LogP contribution in [-0.4, -0.2) is 34.1 Å². The highest BCUT2D eigenvalue weighted by Crippen LogP contribution is 2.18. The topological polar surface area (TPSA) is 64.3 Å². The third kappa shape index (κ3) is 3.77. The Morgan fingerprint density at radius 1 is 1.24 bits per heavy atom. The highest BCUT2D eigenvalue weighted by Gasteiger charge is 2.24. The molecule has 0 spiro atoms. The molecule has 5 nitrogen and oxygen atoms in total. The third-order valence-electron chi connectivity index (χ3n) is 3.64. The average Bonchev–Trinajstić information content (AvgIpc) is 2.95. The molecule has 5 heteroatoms. The van der Waals surface area contributed by atoms with Crippen molar-refractivity contribution in [3.63, 3.8) is 0 Å². The van der Waals surface area contributed by atoms with Crippen molar-refractivity contribution in [1.29, 1.82) is 0 Å². The fraction of sp³-hybridized carbons (Fsp3) is 0.375. The van der Waals surface area contributed by atoms with Crippen LogP contribution in [0.25, 0.3) is 0 Å². The van der Waals surface area contributed by atoms with E-state index in [1.807, 2.05) is 6.07 Å². The van der Waals surface area contributed by atoms with Gasteiger partial charge in [0.1, 0.15) is 6.10 Å². The first-order valence-corrected chi connectivity index (χ1v) is 7.27. The lowest BCUT2D eigenvalue weighted by Gasteiger charge is -2.16. The molecular weight excluding hydrogens is 264 g/mol. The summed E-state index contributed by atoms with van der Waals surface area (Å²) in [6, 6.07) is 10.5. The van der Waals surface area contributed by atoms with Gasteiger partial charge in [-0.3, -0.25) is 9.88 Å². The van der Waals surface area contributed by atoms with Gasteiger partial charge in [0.25, 0.3) is 0 Å². The maximum absolute atomic E-state index is 5.91. The Hall–Kier alpha value is -1.98. The van der Waals surface area contributed by atoms with Crippen molar-refractivity contribution >= 4 is 0 Å². The minimum Gasteiger partial charge on any atom is -0.472 e. The molecule has 1 fully saturated rings. The normalized spacial score (nSPS) is 18.8. The maximum atomic E-state index is 5.91.